The maximum Gasteiger partial charge on any atom is 0.411 e. The van der Waals surface area contributed by atoms with Gasteiger partial charge in [-0.15, -0.1) is 12.3 Å². The molecule has 0 saturated heterocycles. The molecule has 0 heterocycles. The molecule has 0 aromatic heterocycles. The van der Waals surface area contributed by atoms with Crippen LogP contribution in [0.2, 0.25) is 0 Å². The van der Waals surface area contributed by atoms with Crippen LogP contribution in [0.15, 0.2) is 54.6 Å². The van der Waals surface area contributed by atoms with Crippen molar-refractivity contribution in [1.29, 1.82) is 0 Å². The molecule has 24 heavy (non-hydrogen) atoms. The van der Waals surface area contributed by atoms with Crippen LogP contribution in [0.1, 0.15) is 22.3 Å². The summed E-state index contributed by atoms with van der Waals surface area (Å²) in [5, 5.41) is 5.29. The predicted octanol–water partition coefficient (Wildman–Crippen LogP) is 3.19. The normalized spacial score (nSPS) is 9.62. The molecule has 0 aliphatic heterocycles. The second-order valence-corrected chi connectivity index (χ2v) is 4.94. The Morgan fingerprint density at radius 2 is 1.75 bits per heavy atom. The fraction of sp³-hybridized carbons (Fsp3) is 0.158. The number of hydrogen-bond donors (Lipinski definition) is 2. The Morgan fingerprint density at radius 1 is 1.04 bits per heavy atom. The van der Waals surface area contributed by atoms with E-state index in [2.05, 4.69) is 16.6 Å². The number of anilines is 1. The minimum atomic E-state index is -0.622. The Bertz CT molecular complexity index is 736. The maximum absolute atomic E-state index is 12.1. The highest BCUT2D eigenvalue weighted by atomic mass is 16.5. The minimum absolute atomic E-state index is 0.156. The Balaban J connectivity index is 1.95. The number of terminal acetylenes is 1. The van der Waals surface area contributed by atoms with Gasteiger partial charge in [-0.1, -0.05) is 42.5 Å². The van der Waals surface area contributed by atoms with Gasteiger partial charge in [-0.2, -0.15) is 0 Å². The quantitative estimate of drug-likeness (QED) is 0.634. The average Bonchev–Trinajstić information content (AvgIpc) is 2.61. The molecule has 0 radical (unpaired) electrons. The van der Waals surface area contributed by atoms with Gasteiger partial charge in [-0.05, 0) is 17.7 Å². The van der Waals surface area contributed by atoms with E-state index in [1.54, 1.807) is 24.3 Å². The van der Waals surface area contributed by atoms with Crippen LogP contribution in [-0.4, -0.2) is 18.5 Å². The molecule has 0 spiro atoms. The van der Waals surface area contributed by atoms with Gasteiger partial charge >= 0.3 is 6.09 Å². The summed E-state index contributed by atoms with van der Waals surface area (Å²) in [5.74, 6) is 2.15. The molecule has 0 aliphatic carbocycles. The maximum atomic E-state index is 12.1. The monoisotopic (exact) mass is 322 g/mol. The molecule has 122 valence electrons. The van der Waals surface area contributed by atoms with Crippen molar-refractivity contribution in [1.82, 2.24) is 5.32 Å². The Kier molecular flexibility index (Phi) is 6.42. The number of hydrogen-bond acceptors (Lipinski definition) is 3. The SMILES string of the molecule is C#CCCNC(=O)c1ccccc1NC(=O)OCc1ccccc1. The van der Waals surface area contributed by atoms with E-state index in [0.717, 1.165) is 5.56 Å². The molecular formula is C19H18N2O3. The van der Waals surface area contributed by atoms with Crippen LogP contribution < -0.4 is 10.6 Å². The summed E-state index contributed by atoms with van der Waals surface area (Å²) in [4.78, 5) is 24.1. The van der Waals surface area contributed by atoms with E-state index in [1.807, 2.05) is 30.3 Å². The Hall–Kier alpha value is -3.26. The van der Waals surface area contributed by atoms with Crippen LogP contribution in [0, 0.1) is 12.3 Å². The summed E-state index contributed by atoms with van der Waals surface area (Å²) in [7, 11) is 0. The zero-order chi connectivity index (χ0) is 17.2. The predicted molar refractivity (Wildman–Crippen MR) is 92.5 cm³/mol. The highest BCUT2D eigenvalue weighted by Gasteiger charge is 2.13. The standard InChI is InChI=1S/C19H18N2O3/c1-2-3-13-20-18(22)16-11-7-8-12-17(16)21-19(23)24-14-15-9-5-4-6-10-15/h1,4-12H,3,13-14H2,(H,20,22)(H,21,23). The fourth-order valence-corrected chi connectivity index (χ4v) is 2.00. The molecule has 0 fully saturated rings. The molecule has 5 nitrogen and oxygen atoms in total. The lowest BCUT2D eigenvalue weighted by molar-refractivity contribution is 0.0955. The molecule has 2 aromatic rings. The molecule has 0 saturated carbocycles. The number of nitrogens with one attached hydrogen (secondary N) is 2. The summed E-state index contributed by atoms with van der Waals surface area (Å²) >= 11 is 0. The summed E-state index contributed by atoms with van der Waals surface area (Å²) < 4.78 is 5.16. The summed E-state index contributed by atoms with van der Waals surface area (Å²) in [6.45, 7) is 0.533. The third-order valence-electron chi connectivity index (χ3n) is 3.18. The van der Waals surface area contributed by atoms with Crippen molar-refractivity contribution < 1.29 is 14.3 Å². The van der Waals surface area contributed by atoms with Gasteiger partial charge in [0.2, 0.25) is 0 Å². The molecule has 5 heteroatoms. The van der Waals surface area contributed by atoms with Crippen LogP contribution in [0.5, 0.6) is 0 Å². The van der Waals surface area contributed by atoms with Crippen LogP contribution in [0.3, 0.4) is 0 Å². The van der Waals surface area contributed by atoms with Crippen molar-refractivity contribution in [3.63, 3.8) is 0 Å². The number of amides is 2. The van der Waals surface area contributed by atoms with Gasteiger partial charge in [-0.3, -0.25) is 10.1 Å². The number of benzene rings is 2. The molecule has 2 aromatic carbocycles. The number of rotatable bonds is 6. The molecule has 2 rings (SSSR count). The van der Waals surface area contributed by atoms with E-state index in [0.29, 0.717) is 24.2 Å². The zero-order valence-corrected chi connectivity index (χ0v) is 13.1. The van der Waals surface area contributed by atoms with Crippen molar-refractivity contribution in [2.45, 2.75) is 13.0 Å². The first kappa shape index (κ1) is 17.1. The minimum Gasteiger partial charge on any atom is -0.444 e. The van der Waals surface area contributed by atoms with Crippen LogP contribution >= 0.6 is 0 Å². The van der Waals surface area contributed by atoms with Crippen molar-refractivity contribution in [2.75, 3.05) is 11.9 Å². The van der Waals surface area contributed by atoms with Crippen molar-refractivity contribution >= 4 is 17.7 Å². The van der Waals surface area contributed by atoms with Gasteiger partial charge in [0.25, 0.3) is 5.91 Å². The number of carbonyl (C=O) groups excluding carboxylic acids is 2. The molecular weight excluding hydrogens is 304 g/mol. The molecule has 0 unspecified atom stereocenters. The molecule has 2 amide bonds. The highest BCUT2D eigenvalue weighted by Crippen LogP contribution is 2.15. The van der Waals surface area contributed by atoms with Gasteiger partial charge in [0.1, 0.15) is 6.61 Å². The number of ether oxygens (including phenoxy) is 1. The smallest absolute Gasteiger partial charge is 0.411 e. The first-order chi connectivity index (χ1) is 11.7. The topological polar surface area (TPSA) is 67.4 Å². The third-order valence-corrected chi connectivity index (χ3v) is 3.18. The highest BCUT2D eigenvalue weighted by molar-refractivity contribution is 6.02. The van der Waals surface area contributed by atoms with E-state index in [1.165, 1.54) is 0 Å². The largest absolute Gasteiger partial charge is 0.444 e. The number of carbonyl (C=O) groups is 2. The first-order valence-corrected chi connectivity index (χ1v) is 7.49. The Morgan fingerprint density at radius 3 is 2.50 bits per heavy atom. The molecule has 0 aliphatic rings. The van der Waals surface area contributed by atoms with Gasteiger partial charge in [0, 0.05) is 13.0 Å². The second-order valence-electron chi connectivity index (χ2n) is 4.94. The Labute approximate surface area is 141 Å². The van der Waals surface area contributed by atoms with E-state index in [9.17, 15) is 9.59 Å². The fourth-order valence-electron chi connectivity index (χ4n) is 2.00. The zero-order valence-electron chi connectivity index (χ0n) is 13.1. The van der Waals surface area contributed by atoms with Crippen LogP contribution in [-0.2, 0) is 11.3 Å². The van der Waals surface area contributed by atoms with Crippen molar-refractivity contribution in [3.8, 4) is 12.3 Å². The lowest BCUT2D eigenvalue weighted by Crippen LogP contribution is -2.26. The number of para-hydroxylation sites is 1. The second kappa shape index (κ2) is 9.01. The lowest BCUT2D eigenvalue weighted by atomic mass is 10.1. The van der Waals surface area contributed by atoms with Gasteiger partial charge in [0.05, 0.1) is 11.3 Å². The van der Waals surface area contributed by atoms with E-state index in [4.69, 9.17) is 11.2 Å². The van der Waals surface area contributed by atoms with E-state index in [-0.39, 0.29) is 12.5 Å². The molecule has 0 bridgehead atoms. The molecule has 0 atom stereocenters. The third kappa shape index (κ3) is 5.18. The van der Waals surface area contributed by atoms with Crippen molar-refractivity contribution in [2.24, 2.45) is 0 Å². The molecule has 2 N–H and O–H groups in total. The van der Waals surface area contributed by atoms with Crippen LogP contribution in [0.25, 0.3) is 0 Å². The van der Waals surface area contributed by atoms with Crippen molar-refractivity contribution in [3.05, 3.63) is 65.7 Å². The summed E-state index contributed by atoms with van der Waals surface area (Å²) in [6.07, 6.45) is 4.98. The van der Waals surface area contributed by atoms with Gasteiger partial charge in [0.15, 0.2) is 0 Å². The summed E-state index contributed by atoms with van der Waals surface area (Å²) in [5.41, 5.74) is 1.62. The van der Waals surface area contributed by atoms with Gasteiger partial charge in [-0.25, -0.2) is 4.79 Å². The van der Waals surface area contributed by atoms with E-state index < -0.39 is 6.09 Å². The van der Waals surface area contributed by atoms with Crippen LogP contribution in [0.4, 0.5) is 10.5 Å². The van der Waals surface area contributed by atoms with Gasteiger partial charge < -0.3 is 10.1 Å². The first-order valence-electron chi connectivity index (χ1n) is 7.49. The van der Waals surface area contributed by atoms with E-state index >= 15 is 0 Å². The average molecular weight is 322 g/mol. The summed E-state index contributed by atoms with van der Waals surface area (Å²) in [6, 6.07) is 16.1. The lowest BCUT2D eigenvalue weighted by Gasteiger charge is -2.11.